The van der Waals surface area contributed by atoms with Gasteiger partial charge in [0.05, 0.1) is 12.6 Å². The molecule has 2 aromatic rings. The molecule has 2 heterocycles. The predicted molar refractivity (Wildman–Crippen MR) is 74.7 cm³/mol. The van der Waals surface area contributed by atoms with Gasteiger partial charge in [0.1, 0.15) is 11.5 Å². The van der Waals surface area contributed by atoms with E-state index < -0.39 is 11.9 Å². The first kappa shape index (κ1) is 13.6. The molecule has 110 valence electrons. The summed E-state index contributed by atoms with van der Waals surface area (Å²) < 4.78 is 6.44. The zero-order valence-corrected chi connectivity index (χ0v) is 11.7. The number of esters is 1. The number of fused-ring (bicyclic) bond motifs is 1. The molecule has 6 heteroatoms. The van der Waals surface area contributed by atoms with Crippen LogP contribution in [0.4, 0.5) is 0 Å². The summed E-state index contributed by atoms with van der Waals surface area (Å²) in [5.74, 6) is -0.731. The highest BCUT2D eigenvalue weighted by Gasteiger charge is 2.27. The number of pyridine rings is 1. The van der Waals surface area contributed by atoms with Crippen LogP contribution in [0.15, 0.2) is 18.2 Å². The van der Waals surface area contributed by atoms with E-state index in [0.29, 0.717) is 17.0 Å². The minimum Gasteiger partial charge on any atom is -0.476 e. The number of ether oxygens (including phenoxy) is 1. The van der Waals surface area contributed by atoms with E-state index in [9.17, 15) is 14.7 Å². The Hall–Kier alpha value is -2.37. The fraction of sp³-hybridized carbons (Fsp3) is 0.400. The van der Waals surface area contributed by atoms with Gasteiger partial charge in [0.15, 0.2) is 5.69 Å². The summed E-state index contributed by atoms with van der Waals surface area (Å²) in [6, 6.07) is 4.94. The van der Waals surface area contributed by atoms with Crippen molar-refractivity contribution in [3.63, 3.8) is 0 Å². The summed E-state index contributed by atoms with van der Waals surface area (Å²) in [5, 5.41) is 9.33. The van der Waals surface area contributed by atoms with Gasteiger partial charge in [-0.3, -0.25) is 4.40 Å². The van der Waals surface area contributed by atoms with E-state index in [2.05, 4.69) is 4.98 Å². The van der Waals surface area contributed by atoms with Crippen LogP contribution in [-0.2, 0) is 4.74 Å². The smallest absolute Gasteiger partial charge is 0.356 e. The highest BCUT2D eigenvalue weighted by atomic mass is 16.5. The number of nitrogens with zero attached hydrogens (tertiary/aromatic N) is 2. The topological polar surface area (TPSA) is 80.9 Å². The Morgan fingerprint density at radius 3 is 2.67 bits per heavy atom. The Bertz CT molecular complexity index is 714. The molecule has 6 nitrogen and oxygen atoms in total. The van der Waals surface area contributed by atoms with Crippen LogP contribution in [0, 0.1) is 0 Å². The number of hydrogen-bond donors (Lipinski definition) is 1. The molecular formula is C15H16N2O4. The number of hydrogen-bond acceptors (Lipinski definition) is 4. The van der Waals surface area contributed by atoms with Gasteiger partial charge in [-0.25, -0.2) is 14.6 Å². The molecule has 21 heavy (non-hydrogen) atoms. The number of carboxylic acids is 1. The van der Waals surface area contributed by atoms with Gasteiger partial charge in [0.2, 0.25) is 0 Å². The summed E-state index contributed by atoms with van der Waals surface area (Å²) >= 11 is 0. The summed E-state index contributed by atoms with van der Waals surface area (Å²) in [5.41, 5.74) is 0.742. The number of imidazole rings is 1. The highest BCUT2D eigenvalue weighted by Crippen LogP contribution is 2.35. The van der Waals surface area contributed by atoms with E-state index in [0.717, 1.165) is 25.7 Å². The molecule has 0 atom stereocenters. The molecule has 3 rings (SSSR count). The predicted octanol–water partition coefficient (Wildman–Crippen LogP) is 2.48. The third-order valence-corrected chi connectivity index (χ3v) is 4.01. The number of aromatic carboxylic acids is 1. The molecular weight excluding hydrogens is 272 g/mol. The van der Waals surface area contributed by atoms with Gasteiger partial charge < -0.3 is 9.84 Å². The fourth-order valence-electron chi connectivity index (χ4n) is 3.04. The van der Waals surface area contributed by atoms with E-state index in [1.54, 1.807) is 22.6 Å². The number of aromatic nitrogens is 2. The van der Waals surface area contributed by atoms with E-state index in [4.69, 9.17) is 4.74 Å². The molecule has 0 radical (unpaired) electrons. The van der Waals surface area contributed by atoms with E-state index in [-0.39, 0.29) is 11.6 Å². The van der Waals surface area contributed by atoms with Gasteiger partial charge in [0.25, 0.3) is 0 Å². The number of carboxylic acid groups (broad SMARTS) is 1. The van der Waals surface area contributed by atoms with Crippen LogP contribution in [0.2, 0.25) is 0 Å². The molecule has 0 saturated heterocycles. The largest absolute Gasteiger partial charge is 0.476 e. The molecule has 0 aromatic carbocycles. The molecule has 1 saturated carbocycles. The van der Waals surface area contributed by atoms with Crippen LogP contribution in [0.3, 0.4) is 0 Å². The van der Waals surface area contributed by atoms with Crippen molar-refractivity contribution in [2.75, 3.05) is 7.11 Å². The van der Waals surface area contributed by atoms with E-state index >= 15 is 0 Å². The highest BCUT2D eigenvalue weighted by molar-refractivity contribution is 5.96. The van der Waals surface area contributed by atoms with Crippen molar-refractivity contribution < 1.29 is 19.4 Å². The van der Waals surface area contributed by atoms with Crippen LogP contribution >= 0.6 is 0 Å². The lowest BCUT2D eigenvalue weighted by Crippen LogP contribution is -2.11. The second-order valence-electron chi connectivity index (χ2n) is 5.23. The normalized spacial score (nSPS) is 15.5. The third-order valence-electron chi connectivity index (χ3n) is 4.01. The monoisotopic (exact) mass is 288 g/mol. The van der Waals surface area contributed by atoms with Crippen molar-refractivity contribution in [3.05, 3.63) is 35.4 Å². The SMILES string of the molecule is COC(=O)c1cccc2c(C(=O)O)nc(C3CCCC3)n12. The molecule has 1 fully saturated rings. The molecule has 0 spiro atoms. The maximum Gasteiger partial charge on any atom is 0.356 e. The fourth-order valence-corrected chi connectivity index (χ4v) is 3.04. The van der Waals surface area contributed by atoms with Crippen LogP contribution in [0.25, 0.3) is 5.52 Å². The molecule has 0 unspecified atom stereocenters. The Labute approximate surface area is 121 Å². The van der Waals surface area contributed by atoms with Gasteiger partial charge >= 0.3 is 11.9 Å². The van der Waals surface area contributed by atoms with Crippen LogP contribution in [-0.4, -0.2) is 33.5 Å². The zero-order valence-electron chi connectivity index (χ0n) is 11.7. The second kappa shape index (κ2) is 5.20. The summed E-state index contributed by atoms with van der Waals surface area (Å²) in [6.07, 6.45) is 4.13. The molecule has 1 aliphatic carbocycles. The number of carbonyl (C=O) groups excluding carboxylic acids is 1. The van der Waals surface area contributed by atoms with Gasteiger partial charge in [-0.05, 0) is 25.0 Å². The molecule has 0 aliphatic heterocycles. The van der Waals surface area contributed by atoms with Crippen molar-refractivity contribution in [2.24, 2.45) is 0 Å². The maximum absolute atomic E-state index is 12.0. The quantitative estimate of drug-likeness (QED) is 0.877. The first-order valence-corrected chi connectivity index (χ1v) is 6.96. The van der Waals surface area contributed by atoms with Crippen molar-refractivity contribution in [1.29, 1.82) is 0 Å². The Morgan fingerprint density at radius 2 is 2.05 bits per heavy atom. The lowest BCUT2D eigenvalue weighted by atomic mass is 10.1. The standard InChI is InChI=1S/C15H16N2O4/c1-21-15(20)11-8-4-7-10-12(14(18)19)16-13(17(10)11)9-5-2-3-6-9/h4,7-9H,2-3,5-6H2,1H3,(H,18,19). The molecule has 0 bridgehead atoms. The second-order valence-corrected chi connectivity index (χ2v) is 5.23. The summed E-state index contributed by atoms with van der Waals surface area (Å²) in [4.78, 5) is 27.7. The summed E-state index contributed by atoms with van der Waals surface area (Å²) in [7, 11) is 1.31. The van der Waals surface area contributed by atoms with E-state index in [1.807, 2.05) is 0 Å². The number of methoxy groups -OCH3 is 1. The van der Waals surface area contributed by atoms with Crippen molar-refractivity contribution >= 4 is 17.5 Å². The molecule has 2 aromatic heterocycles. The van der Waals surface area contributed by atoms with Crippen molar-refractivity contribution in [2.45, 2.75) is 31.6 Å². The number of carbonyl (C=O) groups is 2. The Balaban J connectivity index is 2.29. The van der Waals surface area contributed by atoms with Crippen molar-refractivity contribution in [3.8, 4) is 0 Å². The molecule has 1 aliphatic rings. The first-order valence-electron chi connectivity index (χ1n) is 6.96. The lowest BCUT2D eigenvalue weighted by molar-refractivity contribution is 0.0590. The molecule has 1 N–H and O–H groups in total. The average molecular weight is 288 g/mol. The minimum absolute atomic E-state index is 0.0114. The third kappa shape index (κ3) is 2.16. The van der Waals surface area contributed by atoms with Gasteiger partial charge in [-0.15, -0.1) is 0 Å². The van der Waals surface area contributed by atoms with Crippen molar-refractivity contribution in [1.82, 2.24) is 9.38 Å². The summed E-state index contributed by atoms with van der Waals surface area (Å²) in [6.45, 7) is 0. The minimum atomic E-state index is -1.08. The first-order chi connectivity index (χ1) is 10.1. The van der Waals surface area contributed by atoms with Gasteiger partial charge in [0, 0.05) is 5.92 Å². The van der Waals surface area contributed by atoms with Crippen LogP contribution in [0.5, 0.6) is 0 Å². The zero-order chi connectivity index (χ0) is 15.0. The Morgan fingerprint density at radius 1 is 1.33 bits per heavy atom. The van der Waals surface area contributed by atoms with Gasteiger partial charge in [-0.1, -0.05) is 18.9 Å². The van der Waals surface area contributed by atoms with Crippen LogP contribution in [0.1, 0.15) is 58.4 Å². The average Bonchev–Trinajstić information content (AvgIpc) is 3.12. The Kier molecular flexibility index (Phi) is 3.37. The number of rotatable bonds is 3. The lowest BCUT2D eigenvalue weighted by Gasteiger charge is -2.11. The van der Waals surface area contributed by atoms with Crippen LogP contribution < -0.4 is 0 Å². The van der Waals surface area contributed by atoms with E-state index in [1.165, 1.54) is 7.11 Å². The molecule has 0 amide bonds. The maximum atomic E-state index is 12.0. The van der Waals surface area contributed by atoms with Gasteiger partial charge in [-0.2, -0.15) is 0 Å².